The van der Waals surface area contributed by atoms with Crippen molar-refractivity contribution in [2.24, 2.45) is 7.05 Å². The van der Waals surface area contributed by atoms with Crippen molar-refractivity contribution in [2.75, 3.05) is 0 Å². The van der Waals surface area contributed by atoms with Crippen molar-refractivity contribution in [3.63, 3.8) is 0 Å². The first-order valence-electron chi connectivity index (χ1n) is 6.75. The summed E-state index contributed by atoms with van der Waals surface area (Å²) in [5.41, 5.74) is 3.43. The lowest BCUT2D eigenvalue weighted by Gasteiger charge is -2.13. The highest BCUT2D eigenvalue weighted by atomic mass is 32.1. The predicted molar refractivity (Wildman–Crippen MR) is 82.4 cm³/mol. The van der Waals surface area contributed by atoms with Crippen molar-refractivity contribution in [3.8, 4) is 0 Å². The van der Waals surface area contributed by atoms with E-state index in [1.807, 2.05) is 44.6 Å². The van der Waals surface area contributed by atoms with Gasteiger partial charge in [-0.15, -0.1) is 11.3 Å². The maximum absolute atomic E-state index is 12.1. The third kappa shape index (κ3) is 3.10. The maximum Gasteiger partial charge on any atom is 0.261 e. The smallest absolute Gasteiger partial charge is 0.261 e. The highest BCUT2D eigenvalue weighted by Crippen LogP contribution is 2.17. The summed E-state index contributed by atoms with van der Waals surface area (Å²) in [4.78, 5) is 14.0. The van der Waals surface area contributed by atoms with Gasteiger partial charge in [-0.05, 0) is 51.8 Å². The molecule has 0 fully saturated rings. The van der Waals surface area contributed by atoms with E-state index in [1.165, 1.54) is 16.9 Å². The van der Waals surface area contributed by atoms with Crippen molar-refractivity contribution in [1.82, 2.24) is 15.1 Å². The Morgan fingerprint density at radius 3 is 2.60 bits per heavy atom. The van der Waals surface area contributed by atoms with Gasteiger partial charge in [-0.1, -0.05) is 0 Å². The molecule has 0 saturated heterocycles. The number of nitrogens with zero attached hydrogens (tertiary/aromatic N) is 2. The molecule has 0 aliphatic rings. The molecule has 0 aliphatic carbocycles. The molecule has 0 bridgehead atoms. The minimum absolute atomic E-state index is 0.00907. The lowest BCUT2D eigenvalue weighted by molar-refractivity contribution is 0.0944. The Morgan fingerprint density at radius 2 is 2.10 bits per heavy atom. The quantitative estimate of drug-likeness (QED) is 0.941. The Labute approximate surface area is 123 Å². The van der Waals surface area contributed by atoms with Crippen LogP contribution in [0.1, 0.15) is 38.4 Å². The molecular weight excluding hydrogens is 270 g/mol. The van der Waals surface area contributed by atoms with Crippen LogP contribution in [0.5, 0.6) is 0 Å². The Balaban J connectivity index is 2.02. The van der Waals surface area contributed by atoms with Gasteiger partial charge in [-0.2, -0.15) is 5.10 Å². The summed E-state index contributed by atoms with van der Waals surface area (Å²) in [5, 5.41) is 7.47. The zero-order valence-corrected chi connectivity index (χ0v) is 13.5. The number of thiophene rings is 1. The van der Waals surface area contributed by atoms with E-state index in [-0.39, 0.29) is 11.9 Å². The number of aromatic nitrogens is 2. The molecule has 0 aliphatic heterocycles. The van der Waals surface area contributed by atoms with Gasteiger partial charge in [0.1, 0.15) is 0 Å². The molecule has 1 atom stereocenters. The van der Waals surface area contributed by atoms with Crippen LogP contribution in [0.15, 0.2) is 12.1 Å². The number of nitrogens with one attached hydrogen (secondary N) is 1. The van der Waals surface area contributed by atoms with Crippen molar-refractivity contribution in [2.45, 2.75) is 40.2 Å². The number of carbonyl (C=O) groups excluding carboxylic acids is 1. The van der Waals surface area contributed by atoms with Gasteiger partial charge in [0.05, 0.1) is 10.6 Å². The first-order valence-corrected chi connectivity index (χ1v) is 7.56. The van der Waals surface area contributed by atoms with Crippen molar-refractivity contribution in [3.05, 3.63) is 38.8 Å². The second-order valence-corrected chi connectivity index (χ2v) is 6.55. The normalized spacial score (nSPS) is 12.4. The standard InChI is InChI=1S/C15H21N3OS/c1-9(8-13-11(3)17-18(5)12(13)4)16-15(19)14-7-6-10(2)20-14/h6-7,9H,8H2,1-5H3,(H,16,19)/t9-/m0/s1. The van der Waals surface area contributed by atoms with E-state index in [0.29, 0.717) is 0 Å². The van der Waals surface area contributed by atoms with E-state index in [1.54, 1.807) is 0 Å². The average Bonchev–Trinajstić information content (AvgIpc) is 2.89. The second-order valence-electron chi connectivity index (χ2n) is 5.26. The van der Waals surface area contributed by atoms with Gasteiger partial charge < -0.3 is 5.32 Å². The summed E-state index contributed by atoms with van der Waals surface area (Å²) in [5.74, 6) is 0.00907. The molecule has 2 rings (SSSR count). The van der Waals surface area contributed by atoms with Crippen LogP contribution < -0.4 is 5.32 Å². The Kier molecular flexibility index (Phi) is 4.28. The number of amides is 1. The zero-order chi connectivity index (χ0) is 14.9. The van der Waals surface area contributed by atoms with Crippen LogP contribution in [0.2, 0.25) is 0 Å². The van der Waals surface area contributed by atoms with Crippen LogP contribution in [0.25, 0.3) is 0 Å². The Morgan fingerprint density at radius 1 is 1.40 bits per heavy atom. The summed E-state index contributed by atoms with van der Waals surface area (Å²) < 4.78 is 1.89. The van der Waals surface area contributed by atoms with E-state index in [4.69, 9.17) is 0 Å². The summed E-state index contributed by atoms with van der Waals surface area (Å²) >= 11 is 1.53. The Bertz CT molecular complexity index is 627. The molecule has 0 unspecified atom stereocenters. The van der Waals surface area contributed by atoms with Gasteiger partial charge >= 0.3 is 0 Å². The molecule has 1 N–H and O–H groups in total. The topological polar surface area (TPSA) is 46.9 Å². The first kappa shape index (κ1) is 14.8. The summed E-state index contributed by atoms with van der Waals surface area (Å²) in [6, 6.07) is 3.94. The molecule has 20 heavy (non-hydrogen) atoms. The van der Waals surface area contributed by atoms with Gasteiger partial charge in [0.15, 0.2) is 0 Å². The highest BCUT2D eigenvalue weighted by Gasteiger charge is 2.16. The summed E-state index contributed by atoms with van der Waals surface area (Å²) in [6.45, 7) is 8.11. The zero-order valence-electron chi connectivity index (χ0n) is 12.7. The maximum atomic E-state index is 12.1. The predicted octanol–water partition coefficient (Wildman–Crippen LogP) is 2.77. The average molecular weight is 291 g/mol. The lowest BCUT2D eigenvalue weighted by Crippen LogP contribution is -2.33. The largest absolute Gasteiger partial charge is 0.349 e. The Hall–Kier alpha value is -1.62. The van der Waals surface area contributed by atoms with Crippen LogP contribution in [0.4, 0.5) is 0 Å². The summed E-state index contributed by atoms with van der Waals surface area (Å²) in [6.07, 6.45) is 0.807. The van der Waals surface area contributed by atoms with Crippen molar-refractivity contribution < 1.29 is 4.79 Å². The van der Waals surface area contributed by atoms with Crippen LogP contribution >= 0.6 is 11.3 Å². The monoisotopic (exact) mass is 291 g/mol. The summed E-state index contributed by atoms with van der Waals surface area (Å²) in [7, 11) is 1.95. The number of carbonyl (C=O) groups is 1. The van der Waals surface area contributed by atoms with Gasteiger partial charge in [0, 0.05) is 23.7 Å². The van der Waals surface area contributed by atoms with E-state index in [2.05, 4.69) is 17.3 Å². The van der Waals surface area contributed by atoms with Crippen LogP contribution in [0, 0.1) is 20.8 Å². The highest BCUT2D eigenvalue weighted by molar-refractivity contribution is 7.13. The van der Waals surface area contributed by atoms with Gasteiger partial charge in [-0.3, -0.25) is 9.48 Å². The first-order chi connectivity index (χ1) is 9.38. The fraction of sp³-hybridized carbons (Fsp3) is 0.467. The van der Waals surface area contributed by atoms with E-state index in [0.717, 1.165) is 27.6 Å². The second kappa shape index (κ2) is 5.79. The number of hydrogen-bond donors (Lipinski definition) is 1. The van der Waals surface area contributed by atoms with Gasteiger partial charge in [-0.25, -0.2) is 0 Å². The van der Waals surface area contributed by atoms with Gasteiger partial charge in [0.2, 0.25) is 0 Å². The van der Waals surface area contributed by atoms with E-state index in [9.17, 15) is 4.79 Å². The molecule has 0 radical (unpaired) electrons. The molecule has 0 spiro atoms. The fourth-order valence-corrected chi connectivity index (χ4v) is 3.09. The van der Waals surface area contributed by atoms with E-state index >= 15 is 0 Å². The van der Waals surface area contributed by atoms with Crippen LogP contribution in [-0.2, 0) is 13.5 Å². The minimum Gasteiger partial charge on any atom is -0.349 e. The molecule has 5 heteroatoms. The SMILES string of the molecule is Cc1ccc(C(=O)N[C@@H](C)Cc2c(C)nn(C)c2C)s1. The third-order valence-corrected chi connectivity index (χ3v) is 4.51. The molecule has 2 heterocycles. The molecule has 4 nitrogen and oxygen atoms in total. The molecule has 2 aromatic rings. The number of aryl methyl sites for hydroxylation is 3. The molecule has 1 amide bonds. The molecule has 108 valence electrons. The minimum atomic E-state index is 0.00907. The van der Waals surface area contributed by atoms with Gasteiger partial charge in [0.25, 0.3) is 5.91 Å². The molecule has 0 aromatic carbocycles. The van der Waals surface area contributed by atoms with E-state index < -0.39 is 0 Å². The number of hydrogen-bond acceptors (Lipinski definition) is 3. The molecule has 0 saturated carbocycles. The van der Waals surface area contributed by atoms with Crippen LogP contribution in [0.3, 0.4) is 0 Å². The number of rotatable bonds is 4. The molecule has 2 aromatic heterocycles. The fourth-order valence-electron chi connectivity index (χ4n) is 2.32. The van der Waals surface area contributed by atoms with Crippen LogP contribution in [-0.4, -0.2) is 21.7 Å². The molecular formula is C15H21N3OS. The third-order valence-electron chi connectivity index (χ3n) is 3.51. The van der Waals surface area contributed by atoms with Crippen molar-refractivity contribution in [1.29, 1.82) is 0 Å². The lowest BCUT2D eigenvalue weighted by atomic mass is 10.1. The van der Waals surface area contributed by atoms with Crippen molar-refractivity contribution >= 4 is 17.2 Å².